The molecular formula is C14H18FN3. The maximum Gasteiger partial charge on any atom is 0.131 e. The second kappa shape index (κ2) is 4.80. The zero-order valence-corrected chi connectivity index (χ0v) is 10.9. The van der Waals surface area contributed by atoms with E-state index in [0.29, 0.717) is 17.4 Å². The van der Waals surface area contributed by atoms with Crippen LogP contribution in [-0.4, -0.2) is 9.55 Å². The highest BCUT2D eigenvalue weighted by molar-refractivity contribution is 5.71. The average molecular weight is 247 g/mol. The van der Waals surface area contributed by atoms with Crippen molar-refractivity contribution in [2.24, 2.45) is 5.92 Å². The molecule has 0 aliphatic heterocycles. The molecule has 18 heavy (non-hydrogen) atoms. The van der Waals surface area contributed by atoms with Crippen molar-refractivity contribution >= 4 is 5.82 Å². The molecule has 2 N–H and O–H groups in total. The molecular weight excluding hydrogens is 229 g/mol. The summed E-state index contributed by atoms with van der Waals surface area (Å²) in [5, 5.41) is 0. The number of imidazole rings is 1. The van der Waals surface area contributed by atoms with Gasteiger partial charge >= 0.3 is 0 Å². The standard InChI is InChI=1S/C14H18FN3/c1-9(2)8-18-10(3)17-13(14(18)16)11-5-4-6-12(15)7-11/h4-7,9H,8,16H2,1-3H3. The van der Waals surface area contributed by atoms with Gasteiger partial charge in [-0.1, -0.05) is 26.0 Å². The van der Waals surface area contributed by atoms with E-state index >= 15 is 0 Å². The smallest absolute Gasteiger partial charge is 0.131 e. The van der Waals surface area contributed by atoms with Gasteiger partial charge in [0.05, 0.1) is 0 Å². The fourth-order valence-corrected chi connectivity index (χ4v) is 2.03. The average Bonchev–Trinajstić information content (AvgIpc) is 2.56. The molecule has 1 aromatic heterocycles. The summed E-state index contributed by atoms with van der Waals surface area (Å²) < 4.78 is 15.2. The first-order valence-corrected chi connectivity index (χ1v) is 6.07. The highest BCUT2D eigenvalue weighted by Crippen LogP contribution is 2.27. The minimum Gasteiger partial charge on any atom is -0.383 e. The normalized spacial score (nSPS) is 11.2. The molecule has 1 aromatic carbocycles. The SMILES string of the molecule is Cc1nc(-c2cccc(F)c2)c(N)n1CC(C)C. The predicted octanol–water partition coefficient (Wildman–Crippen LogP) is 3.24. The van der Waals surface area contributed by atoms with Gasteiger partial charge in [-0.2, -0.15) is 0 Å². The lowest BCUT2D eigenvalue weighted by Gasteiger charge is -2.10. The topological polar surface area (TPSA) is 43.8 Å². The molecule has 2 aromatic rings. The first-order valence-electron chi connectivity index (χ1n) is 6.07. The number of aromatic nitrogens is 2. The van der Waals surface area contributed by atoms with Crippen LogP contribution in [0.4, 0.5) is 10.2 Å². The molecule has 96 valence electrons. The lowest BCUT2D eigenvalue weighted by atomic mass is 10.1. The van der Waals surface area contributed by atoms with E-state index in [0.717, 1.165) is 17.9 Å². The maximum atomic E-state index is 13.2. The molecule has 3 nitrogen and oxygen atoms in total. The van der Waals surface area contributed by atoms with E-state index in [2.05, 4.69) is 18.8 Å². The van der Waals surface area contributed by atoms with Crippen molar-refractivity contribution in [3.05, 3.63) is 35.9 Å². The number of nitrogen functional groups attached to an aromatic ring is 1. The van der Waals surface area contributed by atoms with Gasteiger partial charge in [0.25, 0.3) is 0 Å². The van der Waals surface area contributed by atoms with Gasteiger partial charge in [-0.3, -0.25) is 0 Å². The van der Waals surface area contributed by atoms with Crippen LogP contribution in [0.1, 0.15) is 19.7 Å². The molecule has 0 aliphatic rings. The molecule has 1 heterocycles. The Kier molecular flexibility index (Phi) is 3.36. The molecule has 0 aliphatic carbocycles. The fourth-order valence-electron chi connectivity index (χ4n) is 2.03. The number of nitrogens with zero attached hydrogens (tertiary/aromatic N) is 2. The number of rotatable bonds is 3. The van der Waals surface area contributed by atoms with Crippen LogP contribution < -0.4 is 5.73 Å². The first-order chi connectivity index (χ1) is 8.49. The van der Waals surface area contributed by atoms with E-state index in [4.69, 9.17) is 5.73 Å². The van der Waals surface area contributed by atoms with Crippen LogP contribution in [0.5, 0.6) is 0 Å². The number of hydrogen-bond donors (Lipinski definition) is 1. The van der Waals surface area contributed by atoms with Crippen LogP contribution in [0.3, 0.4) is 0 Å². The van der Waals surface area contributed by atoms with Crippen LogP contribution in [0.15, 0.2) is 24.3 Å². The Hall–Kier alpha value is -1.84. The molecule has 2 rings (SSSR count). The third-order valence-electron chi connectivity index (χ3n) is 2.84. The molecule has 0 radical (unpaired) electrons. The van der Waals surface area contributed by atoms with Gasteiger partial charge in [-0.25, -0.2) is 9.37 Å². The third-order valence-corrected chi connectivity index (χ3v) is 2.84. The number of benzene rings is 1. The zero-order valence-electron chi connectivity index (χ0n) is 10.9. The maximum absolute atomic E-state index is 13.2. The van der Waals surface area contributed by atoms with E-state index in [9.17, 15) is 4.39 Å². The van der Waals surface area contributed by atoms with E-state index in [1.807, 2.05) is 17.6 Å². The summed E-state index contributed by atoms with van der Waals surface area (Å²) in [6.45, 7) is 6.99. The lowest BCUT2D eigenvalue weighted by molar-refractivity contribution is 0.518. The summed E-state index contributed by atoms with van der Waals surface area (Å²) in [6.07, 6.45) is 0. The Morgan fingerprint density at radius 2 is 2.11 bits per heavy atom. The van der Waals surface area contributed by atoms with Gasteiger partial charge in [0.2, 0.25) is 0 Å². The Morgan fingerprint density at radius 1 is 1.39 bits per heavy atom. The molecule has 0 atom stereocenters. The summed E-state index contributed by atoms with van der Waals surface area (Å²) in [7, 11) is 0. The van der Waals surface area contributed by atoms with Crippen LogP contribution in [-0.2, 0) is 6.54 Å². The Morgan fingerprint density at radius 3 is 2.72 bits per heavy atom. The van der Waals surface area contributed by atoms with Crippen molar-refractivity contribution in [1.82, 2.24) is 9.55 Å². The predicted molar refractivity (Wildman–Crippen MR) is 71.6 cm³/mol. The molecule has 0 saturated heterocycles. The number of anilines is 1. The Labute approximate surface area is 106 Å². The van der Waals surface area contributed by atoms with Crippen molar-refractivity contribution < 1.29 is 4.39 Å². The van der Waals surface area contributed by atoms with Crippen LogP contribution in [0.25, 0.3) is 11.3 Å². The minimum absolute atomic E-state index is 0.275. The van der Waals surface area contributed by atoms with E-state index in [1.165, 1.54) is 12.1 Å². The van der Waals surface area contributed by atoms with Crippen molar-refractivity contribution in [2.45, 2.75) is 27.3 Å². The summed E-state index contributed by atoms with van der Waals surface area (Å²) >= 11 is 0. The largest absolute Gasteiger partial charge is 0.383 e. The number of nitrogens with two attached hydrogens (primary N) is 1. The van der Waals surface area contributed by atoms with Gasteiger partial charge in [-0.15, -0.1) is 0 Å². The Balaban J connectivity index is 2.47. The molecule has 4 heteroatoms. The van der Waals surface area contributed by atoms with Gasteiger partial charge in [-0.05, 0) is 25.0 Å². The van der Waals surface area contributed by atoms with Crippen LogP contribution in [0.2, 0.25) is 0 Å². The number of hydrogen-bond acceptors (Lipinski definition) is 2. The van der Waals surface area contributed by atoms with Gasteiger partial charge in [0.15, 0.2) is 0 Å². The van der Waals surface area contributed by atoms with E-state index in [1.54, 1.807) is 6.07 Å². The second-order valence-corrected chi connectivity index (χ2v) is 4.91. The minimum atomic E-state index is -0.275. The molecule has 0 amide bonds. The zero-order chi connectivity index (χ0) is 13.3. The van der Waals surface area contributed by atoms with Crippen LogP contribution in [0, 0.1) is 18.7 Å². The molecule has 0 bridgehead atoms. The number of halogens is 1. The molecule has 0 unspecified atom stereocenters. The highest BCUT2D eigenvalue weighted by atomic mass is 19.1. The molecule has 0 saturated carbocycles. The Bertz CT molecular complexity index is 558. The highest BCUT2D eigenvalue weighted by Gasteiger charge is 2.14. The number of aryl methyl sites for hydroxylation is 1. The van der Waals surface area contributed by atoms with Gasteiger partial charge in [0, 0.05) is 12.1 Å². The summed E-state index contributed by atoms with van der Waals surface area (Å²) in [4.78, 5) is 4.45. The van der Waals surface area contributed by atoms with Gasteiger partial charge in [0.1, 0.15) is 23.2 Å². The van der Waals surface area contributed by atoms with Crippen molar-refractivity contribution in [3.8, 4) is 11.3 Å². The van der Waals surface area contributed by atoms with Gasteiger partial charge < -0.3 is 10.3 Å². The summed E-state index contributed by atoms with van der Waals surface area (Å²) in [5.41, 5.74) is 7.49. The summed E-state index contributed by atoms with van der Waals surface area (Å²) in [6, 6.07) is 6.36. The first kappa shape index (κ1) is 12.6. The monoisotopic (exact) mass is 247 g/mol. The second-order valence-electron chi connectivity index (χ2n) is 4.91. The van der Waals surface area contributed by atoms with E-state index < -0.39 is 0 Å². The molecule has 0 fully saturated rings. The lowest BCUT2D eigenvalue weighted by Crippen LogP contribution is -2.09. The summed E-state index contributed by atoms with van der Waals surface area (Å²) in [5.74, 6) is 1.68. The molecule has 0 spiro atoms. The van der Waals surface area contributed by atoms with Crippen LogP contribution >= 0.6 is 0 Å². The third kappa shape index (κ3) is 2.37. The van der Waals surface area contributed by atoms with Crippen molar-refractivity contribution in [3.63, 3.8) is 0 Å². The van der Waals surface area contributed by atoms with Crippen molar-refractivity contribution in [2.75, 3.05) is 5.73 Å². The van der Waals surface area contributed by atoms with E-state index in [-0.39, 0.29) is 5.82 Å². The fraction of sp³-hybridized carbons (Fsp3) is 0.357. The van der Waals surface area contributed by atoms with Crippen molar-refractivity contribution in [1.29, 1.82) is 0 Å². The quantitative estimate of drug-likeness (QED) is 0.904.